The molecular formula is C52H36N2. The first kappa shape index (κ1) is 30.7. The zero-order chi connectivity index (χ0) is 35.6. The Labute approximate surface area is 314 Å². The van der Waals surface area contributed by atoms with E-state index in [2.05, 4.69) is 203 Å². The van der Waals surface area contributed by atoms with Crippen LogP contribution in [0.15, 0.2) is 194 Å². The first-order valence-electron chi connectivity index (χ1n) is 18.9. The molecule has 0 spiro atoms. The molecule has 10 aromatic rings. The van der Waals surface area contributed by atoms with Gasteiger partial charge in [-0.15, -0.1) is 0 Å². The molecule has 0 saturated heterocycles. The average Bonchev–Trinajstić information content (AvgIpc) is 3.59. The SMILES string of the molecule is C1=CCCC(c2cc3ccc4c5ccc(-c6cccc(N(c7ccccc7)c7ccc(-c8ccccc8)cc7)c6)cc5n5c6ccccc6c(c2)c3c45)=C1. The topological polar surface area (TPSA) is 7.65 Å². The molecule has 0 bridgehead atoms. The largest absolute Gasteiger partial charge is 0.310 e. The summed E-state index contributed by atoms with van der Waals surface area (Å²) < 4.78 is 2.52. The molecule has 2 heterocycles. The summed E-state index contributed by atoms with van der Waals surface area (Å²) in [6.45, 7) is 0. The van der Waals surface area contributed by atoms with Crippen molar-refractivity contribution < 1.29 is 0 Å². The van der Waals surface area contributed by atoms with Crippen molar-refractivity contribution in [1.82, 2.24) is 4.40 Å². The van der Waals surface area contributed by atoms with Gasteiger partial charge >= 0.3 is 0 Å². The van der Waals surface area contributed by atoms with Gasteiger partial charge in [0, 0.05) is 38.6 Å². The van der Waals surface area contributed by atoms with Crippen molar-refractivity contribution in [2.45, 2.75) is 12.8 Å². The molecule has 0 fully saturated rings. The second-order valence-corrected chi connectivity index (χ2v) is 14.5. The zero-order valence-corrected chi connectivity index (χ0v) is 29.8. The number of aromatic nitrogens is 1. The van der Waals surface area contributed by atoms with E-state index in [1.807, 2.05) is 0 Å². The van der Waals surface area contributed by atoms with Gasteiger partial charge in [-0.3, -0.25) is 0 Å². The Morgan fingerprint density at radius 1 is 0.426 bits per heavy atom. The van der Waals surface area contributed by atoms with Crippen molar-refractivity contribution in [2.75, 3.05) is 4.90 Å². The number of allylic oxidation sites excluding steroid dienone is 4. The van der Waals surface area contributed by atoms with E-state index in [9.17, 15) is 0 Å². The minimum absolute atomic E-state index is 1.08. The second kappa shape index (κ2) is 12.4. The molecule has 54 heavy (non-hydrogen) atoms. The minimum atomic E-state index is 1.08. The van der Waals surface area contributed by atoms with Gasteiger partial charge < -0.3 is 9.30 Å². The Hall–Kier alpha value is -6.90. The van der Waals surface area contributed by atoms with Gasteiger partial charge in [0.15, 0.2) is 0 Å². The smallest absolute Gasteiger partial charge is 0.0626 e. The highest BCUT2D eigenvalue weighted by molar-refractivity contribution is 6.29. The summed E-state index contributed by atoms with van der Waals surface area (Å²) in [5.41, 5.74) is 14.7. The highest BCUT2D eigenvalue weighted by Gasteiger charge is 2.20. The van der Waals surface area contributed by atoms with E-state index in [0.29, 0.717) is 0 Å². The van der Waals surface area contributed by atoms with Crippen molar-refractivity contribution in [3.8, 4) is 22.3 Å². The molecule has 0 N–H and O–H groups in total. The molecule has 0 atom stereocenters. The number of rotatable bonds is 6. The number of para-hydroxylation sites is 2. The predicted molar refractivity (Wildman–Crippen MR) is 231 cm³/mol. The molecule has 0 unspecified atom stereocenters. The lowest BCUT2D eigenvalue weighted by atomic mass is 9.91. The summed E-state index contributed by atoms with van der Waals surface area (Å²) in [4.78, 5) is 2.35. The molecule has 1 aliphatic rings. The normalized spacial score (nSPS) is 13.1. The number of hydrogen-bond acceptors (Lipinski definition) is 1. The summed E-state index contributed by atoms with van der Waals surface area (Å²) in [5, 5.41) is 7.85. The van der Waals surface area contributed by atoms with Crippen molar-refractivity contribution in [3.63, 3.8) is 0 Å². The van der Waals surface area contributed by atoms with Crippen LogP contribution >= 0.6 is 0 Å². The number of pyridine rings is 1. The Morgan fingerprint density at radius 3 is 1.93 bits per heavy atom. The monoisotopic (exact) mass is 688 g/mol. The molecule has 1 aliphatic carbocycles. The maximum absolute atomic E-state index is 2.52. The predicted octanol–water partition coefficient (Wildman–Crippen LogP) is 14.5. The molecule has 2 nitrogen and oxygen atoms in total. The summed E-state index contributed by atoms with van der Waals surface area (Å²) in [6.07, 6.45) is 8.94. The third kappa shape index (κ3) is 4.88. The van der Waals surface area contributed by atoms with Crippen LogP contribution in [-0.4, -0.2) is 4.40 Å². The Kier molecular flexibility index (Phi) is 7.03. The molecule has 0 saturated carbocycles. The molecular weight excluding hydrogens is 653 g/mol. The molecule has 8 aromatic carbocycles. The van der Waals surface area contributed by atoms with E-state index in [-0.39, 0.29) is 0 Å². The van der Waals surface area contributed by atoms with Gasteiger partial charge in [-0.2, -0.15) is 0 Å². The van der Waals surface area contributed by atoms with E-state index in [0.717, 1.165) is 29.9 Å². The average molecular weight is 689 g/mol. The number of benzene rings is 8. The lowest BCUT2D eigenvalue weighted by Crippen LogP contribution is -2.09. The van der Waals surface area contributed by atoms with Crippen LogP contribution in [0.1, 0.15) is 18.4 Å². The van der Waals surface area contributed by atoms with Gasteiger partial charge in [0.25, 0.3) is 0 Å². The van der Waals surface area contributed by atoms with E-state index in [1.165, 1.54) is 82.3 Å². The molecule has 11 rings (SSSR count). The Balaban J connectivity index is 1.08. The minimum Gasteiger partial charge on any atom is -0.310 e. The van der Waals surface area contributed by atoms with Crippen LogP contribution in [0.4, 0.5) is 17.1 Å². The van der Waals surface area contributed by atoms with Crippen molar-refractivity contribution in [2.24, 2.45) is 0 Å². The van der Waals surface area contributed by atoms with Gasteiger partial charge in [0.1, 0.15) is 0 Å². The van der Waals surface area contributed by atoms with E-state index in [4.69, 9.17) is 0 Å². The maximum atomic E-state index is 2.52. The fourth-order valence-corrected chi connectivity index (χ4v) is 8.81. The van der Waals surface area contributed by atoms with E-state index >= 15 is 0 Å². The second-order valence-electron chi connectivity index (χ2n) is 14.5. The molecule has 0 aliphatic heterocycles. The van der Waals surface area contributed by atoms with E-state index < -0.39 is 0 Å². The highest BCUT2D eigenvalue weighted by atomic mass is 15.1. The van der Waals surface area contributed by atoms with Crippen LogP contribution in [-0.2, 0) is 0 Å². The lowest BCUT2D eigenvalue weighted by Gasteiger charge is -2.26. The van der Waals surface area contributed by atoms with Crippen LogP contribution < -0.4 is 4.90 Å². The fraction of sp³-hybridized carbons (Fsp3) is 0.0385. The lowest BCUT2D eigenvalue weighted by molar-refractivity contribution is 1.05. The first-order valence-corrected chi connectivity index (χ1v) is 18.9. The van der Waals surface area contributed by atoms with Crippen molar-refractivity contribution in [1.29, 1.82) is 0 Å². The summed E-state index contributed by atoms with van der Waals surface area (Å²) in [5.74, 6) is 0. The Morgan fingerprint density at radius 2 is 1.09 bits per heavy atom. The summed E-state index contributed by atoms with van der Waals surface area (Å²) in [6, 6.07) is 64.6. The molecule has 2 heteroatoms. The molecule has 0 radical (unpaired) electrons. The third-order valence-corrected chi connectivity index (χ3v) is 11.3. The number of nitrogens with zero attached hydrogens (tertiary/aromatic N) is 2. The van der Waals surface area contributed by atoms with Gasteiger partial charge in [-0.05, 0) is 118 Å². The third-order valence-electron chi connectivity index (χ3n) is 11.3. The van der Waals surface area contributed by atoms with Crippen LogP contribution in [0.3, 0.4) is 0 Å². The maximum Gasteiger partial charge on any atom is 0.0626 e. The van der Waals surface area contributed by atoms with Gasteiger partial charge in [0.05, 0.1) is 16.6 Å². The number of fused-ring (bicyclic) bond motifs is 6. The van der Waals surface area contributed by atoms with Crippen LogP contribution in [0, 0.1) is 0 Å². The molecule has 2 aromatic heterocycles. The quantitative estimate of drug-likeness (QED) is 0.125. The first-order chi connectivity index (χ1) is 26.8. The number of hydrogen-bond donors (Lipinski definition) is 0. The fourth-order valence-electron chi connectivity index (χ4n) is 8.81. The zero-order valence-electron chi connectivity index (χ0n) is 29.8. The van der Waals surface area contributed by atoms with Gasteiger partial charge in [0.2, 0.25) is 0 Å². The summed E-state index contributed by atoms with van der Waals surface area (Å²) >= 11 is 0. The molecule has 254 valence electrons. The standard InChI is InChI=1S/C52H36N2/c1-4-13-35(14-5-1)37-23-27-43(28-24-37)53(42-18-8-3-9-19-42)44-20-12-17-38(32-44)39-25-29-46-47-30-26-40-31-41(36-15-6-2-7-16-36)33-48-45-21-10-11-22-49(45)54(50(46)34-39)52(47)51(40)48/h1-6,8-15,17-34H,7,16H2. The number of anilines is 3. The van der Waals surface area contributed by atoms with Crippen molar-refractivity contribution in [3.05, 3.63) is 200 Å². The van der Waals surface area contributed by atoms with Gasteiger partial charge in [-0.1, -0.05) is 133 Å². The van der Waals surface area contributed by atoms with E-state index in [1.54, 1.807) is 0 Å². The highest BCUT2D eigenvalue weighted by Crippen LogP contribution is 2.44. The van der Waals surface area contributed by atoms with Crippen LogP contribution in [0.2, 0.25) is 0 Å². The Bertz CT molecular complexity index is 3080. The van der Waals surface area contributed by atoms with Crippen LogP contribution in [0.5, 0.6) is 0 Å². The van der Waals surface area contributed by atoms with Crippen LogP contribution in [0.25, 0.3) is 76.7 Å². The van der Waals surface area contributed by atoms with Crippen molar-refractivity contribution >= 4 is 71.5 Å². The van der Waals surface area contributed by atoms with Gasteiger partial charge in [-0.25, -0.2) is 0 Å². The summed E-state index contributed by atoms with van der Waals surface area (Å²) in [7, 11) is 0. The molecule has 0 amide bonds.